The Bertz CT molecular complexity index is 638. The van der Waals surface area contributed by atoms with Gasteiger partial charge in [-0.25, -0.2) is 4.79 Å². The Morgan fingerprint density at radius 1 is 1.24 bits per heavy atom. The first-order valence-corrected chi connectivity index (χ1v) is 7.60. The summed E-state index contributed by atoms with van der Waals surface area (Å²) in [6.07, 6.45) is -0.933. The lowest BCUT2D eigenvalue weighted by atomic mass is 10.3. The van der Waals surface area contributed by atoms with Crippen LogP contribution in [0.2, 0.25) is 10.0 Å². The van der Waals surface area contributed by atoms with Gasteiger partial charge in [-0.05, 0) is 36.6 Å². The second-order valence-corrected chi connectivity index (χ2v) is 5.99. The molecule has 2 aromatic rings. The first kappa shape index (κ1) is 15.8. The fraction of sp³-hybridized carbons (Fsp3) is 0.143. The molecule has 7 heteroatoms. The van der Waals surface area contributed by atoms with E-state index in [1.807, 2.05) is 0 Å². The van der Waals surface area contributed by atoms with Gasteiger partial charge in [0.25, 0.3) is 5.91 Å². The average Bonchev–Trinajstić information content (AvgIpc) is 2.91. The van der Waals surface area contributed by atoms with E-state index in [0.717, 1.165) is 0 Å². The molecule has 1 atom stereocenters. The maximum atomic E-state index is 12.0. The number of hydrogen-bond acceptors (Lipinski definition) is 4. The predicted molar refractivity (Wildman–Crippen MR) is 84.3 cm³/mol. The molecule has 0 aliphatic carbocycles. The van der Waals surface area contributed by atoms with Crippen LogP contribution in [0, 0.1) is 0 Å². The van der Waals surface area contributed by atoms with E-state index in [4.69, 9.17) is 27.9 Å². The molecule has 2 rings (SSSR count). The fourth-order valence-corrected chi connectivity index (χ4v) is 2.67. The summed E-state index contributed by atoms with van der Waals surface area (Å²) in [4.78, 5) is 24.2. The molecule has 110 valence electrons. The fourth-order valence-electron chi connectivity index (χ4n) is 1.54. The van der Waals surface area contributed by atoms with Crippen LogP contribution >= 0.6 is 34.5 Å². The zero-order chi connectivity index (χ0) is 15.4. The lowest BCUT2D eigenvalue weighted by Crippen LogP contribution is -2.29. The summed E-state index contributed by atoms with van der Waals surface area (Å²) in [5, 5.41) is 5.16. The zero-order valence-electron chi connectivity index (χ0n) is 10.9. The SMILES string of the molecule is CC(OC(=O)c1cccs1)C(=O)Nc1cc(Cl)cc(Cl)c1. The molecule has 0 bridgehead atoms. The molecule has 0 aliphatic rings. The highest BCUT2D eigenvalue weighted by Gasteiger charge is 2.19. The third-order valence-corrected chi connectivity index (χ3v) is 3.79. The largest absolute Gasteiger partial charge is 0.448 e. The molecule has 0 radical (unpaired) electrons. The van der Waals surface area contributed by atoms with E-state index in [-0.39, 0.29) is 0 Å². The van der Waals surface area contributed by atoms with Gasteiger partial charge >= 0.3 is 5.97 Å². The molecule has 0 aliphatic heterocycles. The summed E-state index contributed by atoms with van der Waals surface area (Å²) in [6, 6.07) is 8.03. The van der Waals surface area contributed by atoms with Crippen LogP contribution in [0.3, 0.4) is 0 Å². The summed E-state index contributed by atoms with van der Waals surface area (Å²) in [6.45, 7) is 1.49. The Morgan fingerprint density at radius 2 is 1.90 bits per heavy atom. The van der Waals surface area contributed by atoms with Crippen molar-refractivity contribution >= 4 is 52.1 Å². The number of ether oxygens (including phenoxy) is 1. The normalized spacial score (nSPS) is 11.8. The van der Waals surface area contributed by atoms with Gasteiger partial charge in [0.1, 0.15) is 4.88 Å². The van der Waals surface area contributed by atoms with Crippen LogP contribution in [-0.4, -0.2) is 18.0 Å². The summed E-state index contributed by atoms with van der Waals surface area (Å²) in [5.74, 6) is -0.991. The van der Waals surface area contributed by atoms with E-state index in [9.17, 15) is 9.59 Å². The van der Waals surface area contributed by atoms with Gasteiger partial charge in [-0.1, -0.05) is 29.3 Å². The van der Waals surface area contributed by atoms with E-state index >= 15 is 0 Å². The smallest absolute Gasteiger partial charge is 0.349 e. The van der Waals surface area contributed by atoms with Crippen molar-refractivity contribution in [3.05, 3.63) is 50.6 Å². The van der Waals surface area contributed by atoms with Crippen LogP contribution in [0.4, 0.5) is 5.69 Å². The third kappa shape index (κ3) is 4.46. The number of benzene rings is 1. The van der Waals surface area contributed by atoms with Gasteiger partial charge in [0, 0.05) is 15.7 Å². The van der Waals surface area contributed by atoms with Crippen molar-refractivity contribution < 1.29 is 14.3 Å². The Hall–Kier alpha value is -1.56. The van der Waals surface area contributed by atoms with Gasteiger partial charge in [-0.2, -0.15) is 0 Å². The number of carbonyl (C=O) groups excluding carboxylic acids is 2. The lowest BCUT2D eigenvalue weighted by Gasteiger charge is -2.13. The molecule has 21 heavy (non-hydrogen) atoms. The first-order valence-electron chi connectivity index (χ1n) is 5.97. The van der Waals surface area contributed by atoms with E-state index in [1.54, 1.807) is 35.7 Å². The van der Waals surface area contributed by atoms with Gasteiger partial charge in [-0.15, -0.1) is 11.3 Å². The molecule has 0 spiro atoms. The molecule has 1 amide bonds. The highest BCUT2D eigenvalue weighted by Crippen LogP contribution is 2.22. The van der Waals surface area contributed by atoms with Crippen molar-refractivity contribution in [2.75, 3.05) is 5.32 Å². The standard InChI is InChI=1S/C14H11Cl2NO3S/c1-8(20-14(19)12-3-2-4-21-12)13(18)17-11-6-9(15)5-10(16)7-11/h2-8H,1H3,(H,17,18). The van der Waals surface area contributed by atoms with Gasteiger partial charge < -0.3 is 10.1 Å². The predicted octanol–water partition coefficient (Wildman–Crippen LogP) is 4.24. The van der Waals surface area contributed by atoms with Crippen molar-refractivity contribution in [3.8, 4) is 0 Å². The minimum atomic E-state index is -0.933. The van der Waals surface area contributed by atoms with Crippen molar-refractivity contribution in [2.45, 2.75) is 13.0 Å². The molecule has 1 aromatic carbocycles. The Kier molecular flexibility index (Phi) is 5.22. The maximum Gasteiger partial charge on any atom is 0.349 e. The first-order chi connectivity index (χ1) is 9.95. The Morgan fingerprint density at radius 3 is 2.48 bits per heavy atom. The molecule has 0 saturated carbocycles. The Labute approximate surface area is 135 Å². The molecule has 0 fully saturated rings. The number of nitrogens with one attached hydrogen (secondary N) is 1. The highest BCUT2D eigenvalue weighted by molar-refractivity contribution is 7.11. The monoisotopic (exact) mass is 343 g/mol. The number of thiophene rings is 1. The summed E-state index contributed by atoms with van der Waals surface area (Å²) < 4.78 is 5.08. The van der Waals surface area contributed by atoms with Gasteiger partial charge in [0.05, 0.1) is 0 Å². The zero-order valence-corrected chi connectivity index (χ0v) is 13.3. The Balaban J connectivity index is 1.98. The van der Waals surface area contributed by atoms with Crippen molar-refractivity contribution in [3.63, 3.8) is 0 Å². The number of halogens is 2. The number of carbonyl (C=O) groups is 2. The molecule has 4 nitrogen and oxygen atoms in total. The minimum absolute atomic E-state index is 0.404. The van der Waals surface area contributed by atoms with E-state index in [0.29, 0.717) is 20.6 Å². The number of hydrogen-bond donors (Lipinski definition) is 1. The topological polar surface area (TPSA) is 55.4 Å². The van der Waals surface area contributed by atoms with Crippen LogP contribution in [0.1, 0.15) is 16.6 Å². The number of anilines is 1. The number of esters is 1. The second-order valence-electron chi connectivity index (χ2n) is 4.17. The molecule has 1 aromatic heterocycles. The van der Waals surface area contributed by atoms with Gasteiger partial charge in [-0.3, -0.25) is 4.79 Å². The molecule has 1 heterocycles. The quantitative estimate of drug-likeness (QED) is 0.844. The van der Waals surface area contributed by atoms with Gasteiger partial charge in [0.2, 0.25) is 0 Å². The van der Waals surface area contributed by atoms with Crippen LogP contribution in [0.5, 0.6) is 0 Å². The second kappa shape index (κ2) is 6.93. The lowest BCUT2D eigenvalue weighted by molar-refractivity contribution is -0.123. The average molecular weight is 344 g/mol. The number of rotatable bonds is 4. The van der Waals surface area contributed by atoms with Crippen LogP contribution in [0.25, 0.3) is 0 Å². The summed E-state index contributed by atoms with van der Waals surface area (Å²) in [5.41, 5.74) is 0.441. The molecular weight excluding hydrogens is 333 g/mol. The van der Waals surface area contributed by atoms with Crippen LogP contribution in [-0.2, 0) is 9.53 Å². The summed E-state index contributed by atoms with van der Waals surface area (Å²) >= 11 is 12.9. The van der Waals surface area contributed by atoms with Gasteiger partial charge in [0.15, 0.2) is 6.10 Å². The number of amides is 1. The van der Waals surface area contributed by atoms with Crippen molar-refractivity contribution in [1.29, 1.82) is 0 Å². The molecule has 0 saturated heterocycles. The molecule has 1 unspecified atom stereocenters. The van der Waals surface area contributed by atoms with E-state index in [2.05, 4.69) is 5.32 Å². The third-order valence-electron chi connectivity index (χ3n) is 2.51. The van der Waals surface area contributed by atoms with E-state index in [1.165, 1.54) is 18.3 Å². The van der Waals surface area contributed by atoms with Crippen LogP contribution < -0.4 is 5.32 Å². The van der Waals surface area contributed by atoms with Crippen molar-refractivity contribution in [1.82, 2.24) is 0 Å². The molecular formula is C14H11Cl2NO3S. The van der Waals surface area contributed by atoms with E-state index < -0.39 is 18.0 Å². The summed E-state index contributed by atoms with van der Waals surface area (Å²) in [7, 11) is 0. The minimum Gasteiger partial charge on any atom is -0.448 e. The maximum absolute atomic E-state index is 12.0. The van der Waals surface area contributed by atoms with Crippen LogP contribution in [0.15, 0.2) is 35.7 Å². The molecule has 1 N–H and O–H groups in total. The highest BCUT2D eigenvalue weighted by atomic mass is 35.5. The van der Waals surface area contributed by atoms with Crippen molar-refractivity contribution in [2.24, 2.45) is 0 Å².